The molecule has 1 aliphatic heterocycles. The highest BCUT2D eigenvalue weighted by Gasteiger charge is 2.28. The van der Waals surface area contributed by atoms with E-state index in [1.165, 1.54) is 0 Å². The summed E-state index contributed by atoms with van der Waals surface area (Å²) in [6, 6.07) is 0. The molecule has 1 heterocycles. The lowest BCUT2D eigenvalue weighted by Crippen LogP contribution is -2.34. The van der Waals surface area contributed by atoms with Crippen molar-refractivity contribution in [2.75, 3.05) is 26.8 Å². The Morgan fingerprint density at radius 1 is 1.67 bits per heavy atom. The smallest absolute Gasteiger partial charge is 0.121 e. The third-order valence-corrected chi connectivity index (χ3v) is 2.28. The summed E-state index contributed by atoms with van der Waals surface area (Å²) < 4.78 is 18.8. The van der Waals surface area contributed by atoms with Gasteiger partial charge < -0.3 is 10.1 Å². The number of hydrogen-bond donors (Lipinski definition) is 1. The Bertz CT molecular complexity index is 132. The summed E-state index contributed by atoms with van der Waals surface area (Å²) in [7, 11) is 1.78. The van der Waals surface area contributed by atoms with Crippen molar-refractivity contribution in [3.8, 4) is 0 Å². The number of ether oxygens (including phenoxy) is 1. The van der Waals surface area contributed by atoms with Gasteiger partial charge >= 0.3 is 0 Å². The van der Waals surface area contributed by atoms with Gasteiger partial charge in [0, 0.05) is 19.8 Å². The van der Waals surface area contributed by atoms with Crippen LogP contribution >= 0.6 is 0 Å². The summed E-state index contributed by atoms with van der Waals surface area (Å²) in [6.45, 7) is 3.63. The van der Waals surface area contributed by atoms with Crippen LogP contribution in [0.25, 0.3) is 0 Å². The summed E-state index contributed by atoms with van der Waals surface area (Å²) in [4.78, 5) is 0. The summed E-state index contributed by atoms with van der Waals surface area (Å²) in [5.74, 6) is 0.424. The SMILES string of the molecule is CNCC(C)(F)CC1CCOC1. The third-order valence-electron chi connectivity index (χ3n) is 2.28. The van der Waals surface area contributed by atoms with Gasteiger partial charge in [0.15, 0.2) is 0 Å². The number of halogens is 1. The Hall–Kier alpha value is -0.150. The molecule has 0 amide bonds. The maximum atomic E-state index is 13.6. The van der Waals surface area contributed by atoms with Crippen LogP contribution in [0.5, 0.6) is 0 Å². The first-order valence-corrected chi connectivity index (χ1v) is 4.55. The quantitative estimate of drug-likeness (QED) is 0.696. The van der Waals surface area contributed by atoms with Crippen LogP contribution in [0.2, 0.25) is 0 Å². The summed E-state index contributed by atoms with van der Waals surface area (Å²) >= 11 is 0. The summed E-state index contributed by atoms with van der Waals surface area (Å²) in [6.07, 6.45) is 1.64. The van der Waals surface area contributed by atoms with Gasteiger partial charge in [-0.25, -0.2) is 4.39 Å². The van der Waals surface area contributed by atoms with Crippen molar-refractivity contribution < 1.29 is 9.13 Å². The molecule has 12 heavy (non-hydrogen) atoms. The molecule has 1 fully saturated rings. The van der Waals surface area contributed by atoms with E-state index in [2.05, 4.69) is 5.32 Å². The molecule has 1 N–H and O–H groups in total. The Kier molecular flexibility index (Phi) is 3.47. The maximum Gasteiger partial charge on any atom is 0.121 e. The van der Waals surface area contributed by atoms with Crippen LogP contribution in [-0.4, -0.2) is 32.5 Å². The lowest BCUT2D eigenvalue weighted by atomic mass is 9.93. The predicted octanol–water partition coefficient (Wildman–Crippen LogP) is 1.36. The van der Waals surface area contributed by atoms with E-state index in [-0.39, 0.29) is 0 Å². The zero-order chi connectivity index (χ0) is 9.03. The van der Waals surface area contributed by atoms with Gasteiger partial charge in [0.05, 0.1) is 0 Å². The van der Waals surface area contributed by atoms with E-state index in [4.69, 9.17) is 4.74 Å². The van der Waals surface area contributed by atoms with Gasteiger partial charge in [-0.2, -0.15) is 0 Å². The van der Waals surface area contributed by atoms with Crippen LogP contribution in [0.15, 0.2) is 0 Å². The number of rotatable bonds is 4. The van der Waals surface area contributed by atoms with Crippen LogP contribution in [0, 0.1) is 5.92 Å². The van der Waals surface area contributed by atoms with Crippen molar-refractivity contribution in [1.82, 2.24) is 5.32 Å². The average molecular weight is 175 g/mol. The highest BCUT2D eigenvalue weighted by Crippen LogP contribution is 2.26. The van der Waals surface area contributed by atoms with E-state index in [9.17, 15) is 4.39 Å². The van der Waals surface area contributed by atoms with Crippen molar-refractivity contribution in [2.24, 2.45) is 5.92 Å². The monoisotopic (exact) mass is 175 g/mol. The minimum atomic E-state index is -1.08. The molecule has 0 radical (unpaired) electrons. The van der Waals surface area contributed by atoms with E-state index < -0.39 is 5.67 Å². The summed E-state index contributed by atoms with van der Waals surface area (Å²) in [5.41, 5.74) is -1.08. The van der Waals surface area contributed by atoms with E-state index in [0.29, 0.717) is 18.9 Å². The molecular formula is C9H18FNO. The van der Waals surface area contributed by atoms with E-state index in [1.54, 1.807) is 14.0 Å². The molecule has 2 nitrogen and oxygen atoms in total. The van der Waals surface area contributed by atoms with Gasteiger partial charge in [-0.15, -0.1) is 0 Å². The highest BCUT2D eigenvalue weighted by molar-refractivity contribution is 4.80. The molecule has 2 unspecified atom stereocenters. The molecule has 0 aromatic heterocycles. The third kappa shape index (κ3) is 3.07. The van der Waals surface area contributed by atoms with Gasteiger partial charge in [0.2, 0.25) is 0 Å². The van der Waals surface area contributed by atoms with Crippen LogP contribution in [0.4, 0.5) is 4.39 Å². The Balaban J connectivity index is 2.27. The van der Waals surface area contributed by atoms with Gasteiger partial charge in [-0.05, 0) is 32.7 Å². The zero-order valence-corrected chi connectivity index (χ0v) is 7.90. The molecule has 1 saturated heterocycles. The number of alkyl halides is 1. The molecule has 0 aromatic rings. The largest absolute Gasteiger partial charge is 0.381 e. The Labute approximate surface area is 73.5 Å². The van der Waals surface area contributed by atoms with E-state index >= 15 is 0 Å². The van der Waals surface area contributed by atoms with Crippen LogP contribution in [0.3, 0.4) is 0 Å². The first kappa shape index (κ1) is 9.93. The first-order valence-electron chi connectivity index (χ1n) is 4.55. The van der Waals surface area contributed by atoms with E-state index in [1.807, 2.05) is 0 Å². The van der Waals surface area contributed by atoms with Crippen molar-refractivity contribution in [1.29, 1.82) is 0 Å². The standard InChI is InChI=1S/C9H18FNO/c1-9(10,7-11-2)5-8-3-4-12-6-8/h8,11H,3-7H2,1-2H3. The molecule has 0 aliphatic carbocycles. The van der Waals surface area contributed by atoms with Crippen molar-refractivity contribution >= 4 is 0 Å². The minimum Gasteiger partial charge on any atom is -0.381 e. The van der Waals surface area contributed by atoms with Crippen LogP contribution in [0.1, 0.15) is 19.8 Å². The first-order chi connectivity index (χ1) is 5.64. The Morgan fingerprint density at radius 2 is 2.42 bits per heavy atom. The molecule has 2 atom stereocenters. The van der Waals surface area contributed by atoms with Crippen molar-refractivity contribution in [3.63, 3.8) is 0 Å². The van der Waals surface area contributed by atoms with E-state index in [0.717, 1.165) is 19.6 Å². The molecule has 0 saturated carbocycles. The second-order valence-corrected chi connectivity index (χ2v) is 3.88. The molecule has 1 aliphatic rings. The molecule has 0 aromatic carbocycles. The number of nitrogens with one attached hydrogen (secondary N) is 1. The van der Waals surface area contributed by atoms with Gasteiger partial charge in [0.1, 0.15) is 5.67 Å². The predicted molar refractivity (Wildman–Crippen MR) is 47.0 cm³/mol. The molecule has 3 heteroatoms. The normalized spacial score (nSPS) is 28.8. The second kappa shape index (κ2) is 4.19. The Morgan fingerprint density at radius 3 is 2.92 bits per heavy atom. The lowest BCUT2D eigenvalue weighted by molar-refractivity contribution is 0.128. The van der Waals surface area contributed by atoms with Crippen LogP contribution < -0.4 is 5.32 Å². The minimum absolute atomic E-state index is 0.424. The maximum absolute atomic E-state index is 13.6. The van der Waals surface area contributed by atoms with Gasteiger partial charge in [-0.1, -0.05) is 0 Å². The fourth-order valence-electron chi connectivity index (χ4n) is 1.79. The van der Waals surface area contributed by atoms with Crippen molar-refractivity contribution in [2.45, 2.75) is 25.4 Å². The highest BCUT2D eigenvalue weighted by atomic mass is 19.1. The van der Waals surface area contributed by atoms with Gasteiger partial charge in [-0.3, -0.25) is 0 Å². The molecular weight excluding hydrogens is 157 g/mol. The molecule has 72 valence electrons. The number of hydrogen-bond acceptors (Lipinski definition) is 2. The lowest BCUT2D eigenvalue weighted by Gasteiger charge is -2.22. The fraction of sp³-hybridized carbons (Fsp3) is 1.00. The second-order valence-electron chi connectivity index (χ2n) is 3.88. The van der Waals surface area contributed by atoms with Crippen LogP contribution in [-0.2, 0) is 4.74 Å². The summed E-state index contributed by atoms with van der Waals surface area (Å²) in [5, 5.41) is 2.87. The zero-order valence-electron chi connectivity index (χ0n) is 7.90. The fourth-order valence-corrected chi connectivity index (χ4v) is 1.79. The average Bonchev–Trinajstić information content (AvgIpc) is 2.38. The molecule has 0 bridgehead atoms. The molecule has 1 rings (SSSR count). The molecule has 0 spiro atoms. The van der Waals surface area contributed by atoms with Crippen molar-refractivity contribution in [3.05, 3.63) is 0 Å². The van der Waals surface area contributed by atoms with Gasteiger partial charge in [0.25, 0.3) is 0 Å². The topological polar surface area (TPSA) is 21.3 Å².